The molecule has 0 unspecified atom stereocenters. The molecule has 0 atom stereocenters. The maximum Gasteiger partial charge on any atom is 0.257 e. The molecule has 1 aliphatic carbocycles. The Hall–Kier alpha value is -2.82. The molecule has 0 radical (unpaired) electrons. The molecule has 1 saturated carbocycles. The van der Waals surface area contributed by atoms with E-state index in [1.165, 1.54) is 29.7 Å². The van der Waals surface area contributed by atoms with E-state index >= 15 is 0 Å². The molecule has 0 aliphatic heterocycles. The second-order valence-corrected chi connectivity index (χ2v) is 6.83. The van der Waals surface area contributed by atoms with Gasteiger partial charge in [0.15, 0.2) is 6.61 Å². The molecule has 1 heterocycles. The summed E-state index contributed by atoms with van der Waals surface area (Å²) in [6.07, 6.45) is 3.28. The van der Waals surface area contributed by atoms with Crippen molar-refractivity contribution in [1.29, 1.82) is 0 Å². The van der Waals surface area contributed by atoms with E-state index in [-0.39, 0.29) is 12.5 Å². The van der Waals surface area contributed by atoms with Crippen LogP contribution in [0.25, 0.3) is 11.0 Å². The molecule has 5 nitrogen and oxygen atoms in total. The first-order valence-corrected chi connectivity index (χ1v) is 9.10. The molecule has 3 aromatic rings. The monoisotopic (exact) mass is 349 g/mol. The van der Waals surface area contributed by atoms with Crippen molar-refractivity contribution in [3.63, 3.8) is 0 Å². The van der Waals surface area contributed by atoms with Gasteiger partial charge in [0.05, 0.1) is 11.0 Å². The van der Waals surface area contributed by atoms with Gasteiger partial charge in [-0.2, -0.15) is 0 Å². The summed E-state index contributed by atoms with van der Waals surface area (Å²) < 4.78 is 7.66. The first-order chi connectivity index (χ1) is 12.7. The van der Waals surface area contributed by atoms with Crippen LogP contribution in [0.3, 0.4) is 0 Å². The number of nitrogens with one attached hydrogen (secondary N) is 1. The van der Waals surface area contributed by atoms with E-state index in [9.17, 15) is 4.79 Å². The van der Waals surface area contributed by atoms with Gasteiger partial charge < -0.3 is 14.6 Å². The largest absolute Gasteiger partial charge is 0.484 e. The first-order valence-electron chi connectivity index (χ1n) is 9.10. The number of hydrogen-bond donors (Lipinski definition) is 1. The Morgan fingerprint density at radius 3 is 2.81 bits per heavy atom. The minimum atomic E-state index is -0.108. The van der Waals surface area contributed by atoms with Gasteiger partial charge in [-0.1, -0.05) is 24.3 Å². The van der Waals surface area contributed by atoms with E-state index < -0.39 is 0 Å². The number of ether oxygens (including phenoxy) is 1. The van der Waals surface area contributed by atoms with Gasteiger partial charge in [-0.05, 0) is 49.1 Å². The fourth-order valence-electron chi connectivity index (χ4n) is 3.19. The van der Waals surface area contributed by atoms with Crippen LogP contribution in [0.5, 0.6) is 5.75 Å². The predicted octanol–water partition coefficient (Wildman–Crippen LogP) is 3.19. The Kier molecular flexibility index (Phi) is 4.61. The average Bonchev–Trinajstić information content (AvgIpc) is 3.45. The van der Waals surface area contributed by atoms with Crippen molar-refractivity contribution in [2.75, 3.05) is 13.2 Å². The molecular weight excluding hydrogens is 326 g/mol. The van der Waals surface area contributed by atoms with Crippen molar-refractivity contribution in [1.82, 2.24) is 14.9 Å². The second kappa shape index (κ2) is 7.20. The Labute approximate surface area is 153 Å². The van der Waals surface area contributed by atoms with E-state index in [1.807, 2.05) is 30.3 Å². The van der Waals surface area contributed by atoms with Crippen LogP contribution in [-0.2, 0) is 18.3 Å². The highest BCUT2D eigenvalue weighted by molar-refractivity contribution is 5.78. The molecule has 2 aromatic carbocycles. The van der Waals surface area contributed by atoms with Crippen molar-refractivity contribution in [2.24, 2.45) is 7.05 Å². The highest BCUT2D eigenvalue weighted by Crippen LogP contribution is 2.40. The van der Waals surface area contributed by atoms with Gasteiger partial charge in [0.1, 0.15) is 11.6 Å². The number of nitrogens with zero attached hydrogens (tertiary/aromatic N) is 2. The molecule has 134 valence electrons. The SMILES string of the molecule is Cn1c(C2CC2)nc2cc(CCNC(=O)COc3ccccc3)ccc21. The quantitative estimate of drug-likeness (QED) is 0.713. The van der Waals surface area contributed by atoms with Crippen LogP contribution < -0.4 is 10.1 Å². The fourth-order valence-corrected chi connectivity index (χ4v) is 3.19. The Balaban J connectivity index is 1.29. The predicted molar refractivity (Wildman–Crippen MR) is 101 cm³/mol. The van der Waals surface area contributed by atoms with Crippen LogP contribution in [0.1, 0.15) is 30.1 Å². The third kappa shape index (κ3) is 3.72. The molecule has 26 heavy (non-hydrogen) atoms. The summed E-state index contributed by atoms with van der Waals surface area (Å²) in [5.74, 6) is 2.43. The Bertz CT molecular complexity index is 914. The molecule has 1 aromatic heterocycles. The summed E-state index contributed by atoms with van der Waals surface area (Å²) in [7, 11) is 2.09. The Morgan fingerprint density at radius 1 is 1.23 bits per heavy atom. The van der Waals surface area contributed by atoms with E-state index in [1.54, 1.807) is 0 Å². The molecule has 1 aliphatic rings. The lowest BCUT2D eigenvalue weighted by Gasteiger charge is -2.07. The molecule has 0 spiro atoms. The normalized spacial score (nSPS) is 13.7. The highest BCUT2D eigenvalue weighted by atomic mass is 16.5. The molecule has 1 N–H and O–H groups in total. The topological polar surface area (TPSA) is 56.2 Å². The molecule has 5 heteroatoms. The van der Waals surface area contributed by atoms with Crippen molar-refractivity contribution in [2.45, 2.75) is 25.2 Å². The van der Waals surface area contributed by atoms with Crippen molar-refractivity contribution < 1.29 is 9.53 Å². The zero-order chi connectivity index (χ0) is 17.9. The summed E-state index contributed by atoms with van der Waals surface area (Å²) >= 11 is 0. The molecule has 0 saturated heterocycles. The number of para-hydroxylation sites is 1. The van der Waals surface area contributed by atoms with Gasteiger partial charge in [0.2, 0.25) is 0 Å². The fraction of sp³-hybridized carbons (Fsp3) is 0.333. The lowest BCUT2D eigenvalue weighted by atomic mass is 10.1. The van der Waals surface area contributed by atoms with Gasteiger partial charge in [0, 0.05) is 19.5 Å². The lowest BCUT2D eigenvalue weighted by molar-refractivity contribution is -0.123. The number of aromatic nitrogens is 2. The number of carbonyl (C=O) groups is 1. The van der Waals surface area contributed by atoms with Crippen LogP contribution in [0.2, 0.25) is 0 Å². The van der Waals surface area contributed by atoms with Crippen molar-refractivity contribution in [3.05, 3.63) is 59.9 Å². The molecule has 1 fully saturated rings. The minimum absolute atomic E-state index is 0.0358. The summed E-state index contributed by atoms with van der Waals surface area (Å²) in [5.41, 5.74) is 3.41. The molecule has 4 rings (SSSR count). The number of fused-ring (bicyclic) bond motifs is 1. The zero-order valence-electron chi connectivity index (χ0n) is 14.9. The number of rotatable bonds is 7. The number of carbonyl (C=O) groups excluding carboxylic acids is 1. The zero-order valence-corrected chi connectivity index (χ0v) is 14.9. The van der Waals surface area contributed by atoms with Crippen LogP contribution in [0.15, 0.2) is 48.5 Å². The maximum absolute atomic E-state index is 11.9. The van der Waals surface area contributed by atoms with E-state index in [0.717, 1.165) is 11.9 Å². The smallest absolute Gasteiger partial charge is 0.257 e. The Morgan fingerprint density at radius 2 is 2.04 bits per heavy atom. The van der Waals surface area contributed by atoms with Crippen LogP contribution in [0.4, 0.5) is 0 Å². The third-order valence-corrected chi connectivity index (χ3v) is 4.77. The second-order valence-electron chi connectivity index (χ2n) is 6.83. The van der Waals surface area contributed by atoms with Gasteiger partial charge in [-0.3, -0.25) is 4.79 Å². The van der Waals surface area contributed by atoms with Crippen molar-refractivity contribution >= 4 is 16.9 Å². The number of benzene rings is 2. The number of amides is 1. The summed E-state index contributed by atoms with van der Waals surface area (Å²) in [6, 6.07) is 15.7. The lowest BCUT2D eigenvalue weighted by Crippen LogP contribution is -2.30. The maximum atomic E-state index is 11.9. The van der Waals surface area contributed by atoms with E-state index in [4.69, 9.17) is 9.72 Å². The number of hydrogen-bond acceptors (Lipinski definition) is 3. The summed E-state index contributed by atoms with van der Waals surface area (Å²) in [4.78, 5) is 16.7. The average molecular weight is 349 g/mol. The van der Waals surface area contributed by atoms with Crippen LogP contribution >= 0.6 is 0 Å². The van der Waals surface area contributed by atoms with E-state index in [0.29, 0.717) is 18.2 Å². The number of aryl methyl sites for hydroxylation is 1. The minimum Gasteiger partial charge on any atom is -0.484 e. The summed E-state index contributed by atoms with van der Waals surface area (Å²) in [5, 5.41) is 2.90. The van der Waals surface area contributed by atoms with Gasteiger partial charge in [-0.25, -0.2) is 4.98 Å². The van der Waals surface area contributed by atoms with Gasteiger partial charge in [-0.15, -0.1) is 0 Å². The molecule has 0 bridgehead atoms. The molecule has 1 amide bonds. The van der Waals surface area contributed by atoms with E-state index in [2.05, 4.69) is 35.1 Å². The third-order valence-electron chi connectivity index (χ3n) is 4.77. The first kappa shape index (κ1) is 16.6. The van der Waals surface area contributed by atoms with Crippen LogP contribution in [0, 0.1) is 0 Å². The van der Waals surface area contributed by atoms with Crippen molar-refractivity contribution in [3.8, 4) is 5.75 Å². The van der Waals surface area contributed by atoms with Crippen LogP contribution in [-0.4, -0.2) is 28.6 Å². The van der Waals surface area contributed by atoms with Gasteiger partial charge >= 0.3 is 0 Å². The standard InChI is InChI=1S/C21H23N3O2/c1-24-19-10-7-15(13-18(19)23-21(24)16-8-9-16)11-12-22-20(25)14-26-17-5-3-2-4-6-17/h2-7,10,13,16H,8-9,11-12,14H2,1H3,(H,22,25). The highest BCUT2D eigenvalue weighted by Gasteiger charge is 2.28. The number of imidazole rings is 1. The summed E-state index contributed by atoms with van der Waals surface area (Å²) in [6.45, 7) is 0.624. The molecular formula is C21H23N3O2. The van der Waals surface area contributed by atoms with Gasteiger partial charge in [0.25, 0.3) is 5.91 Å².